The van der Waals surface area contributed by atoms with Gasteiger partial charge in [-0.05, 0) is 31.5 Å². The molecule has 1 aliphatic heterocycles. The molecule has 5 nitrogen and oxygen atoms in total. The lowest BCUT2D eigenvalue weighted by Gasteiger charge is -2.35. The van der Waals surface area contributed by atoms with Gasteiger partial charge < -0.3 is 10.1 Å². The molecule has 1 aromatic carbocycles. The van der Waals surface area contributed by atoms with Crippen molar-refractivity contribution in [3.8, 4) is 0 Å². The van der Waals surface area contributed by atoms with Crippen LogP contribution in [0.4, 0.5) is 0 Å². The number of benzene rings is 1. The van der Waals surface area contributed by atoms with Crippen LogP contribution in [-0.2, 0) is 25.8 Å². The molecule has 0 aromatic heterocycles. The summed E-state index contributed by atoms with van der Waals surface area (Å²) in [5, 5.41) is 2.29. The molecule has 1 saturated heterocycles. The van der Waals surface area contributed by atoms with Gasteiger partial charge in [-0.15, -0.1) is 0 Å². The zero-order valence-electron chi connectivity index (χ0n) is 14.0. The lowest BCUT2D eigenvalue weighted by Crippen LogP contribution is -2.86. The Morgan fingerprint density at radius 2 is 1.78 bits per heavy atom. The molecular formula is C17H26NO4S+. The van der Waals surface area contributed by atoms with Crippen molar-refractivity contribution < 1.29 is 23.3 Å². The Labute approximate surface area is 138 Å². The highest BCUT2D eigenvalue weighted by molar-refractivity contribution is 7.90. The smallest absolute Gasteiger partial charge is 0.310 e. The first-order valence-electron chi connectivity index (χ1n) is 8.01. The van der Waals surface area contributed by atoms with Gasteiger partial charge in [-0.3, -0.25) is 4.79 Å². The zero-order valence-corrected chi connectivity index (χ0v) is 14.9. The lowest BCUT2D eigenvalue weighted by molar-refractivity contribution is -0.665. The number of ether oxygens (including phenoxy) is 1. The average molecular weight is 340 g/mol. The van der Waals surface area contributed by atoms with Gasteiger partial charge in [0.2, 0.25) is 0 Å². The third kappa shape index (κ3) is 5.04. The SMILES string of the molecule is CC(C)(OC(=O)Cc1ccc(S(C)(=O)=O)cc1)C1CC[NH2+]CC1. The van der Waals surface area contributed by atoms with Gasteiger partial charge in [-0.2, -0.15) is 0 Å². The second kappa shape index (κ2) is 7.01. The first-order valence-corrected chi connectivity index (χ1v) is 9.90. The number of piperidine rings is 1. The predicted molar refractivity (Wildman–Crippen MR) is 87.8 cm³/mol. The summed E-state index contributed by atoms with van der Waals surface area (Å²) >= 11 is 0. The van der Waals surface area contributed by atoms with Crippen molar-refractivity contribution in [2.75, 3.05) is 19.3 Å². The van der Waals surface area contributed by atoms with E-state index in [1.54, 1.807) is 12.1 Å². The molecule has 0 saturated carbocycles. The molecule has 6 heteroatoms. The van der Waals surface area contributed by atoms with E-state index in [0.29, 0.717) is 5.92 Å². The lowest BCUT2D eigenvalue weighted by atomic mass is 9.83. The quantitative estimate of drug-likeness (QED) is 0.809. The van der Waals surface area contributed by atoms with E-state index >= 15 is 0 Å². The molecule has 1 aromatic rings. The number of esters is 1. The Balaban J connectivity index is 1.96. The molecule has 2 rings (SSSR count). The highest BCUT2D eigenvalue weighted by atomic mass is 32.2. The van der Waals surface area contributed by atoms with Gasteiger partial charge in [0.25, 0.3) is 0 Å². The van der Waals surface area contributed by atoms with Crippen LogP contribution in [0.2, 0.25) is 0 Å². The minimum Gasteiger partial charge on any atom is -0.459 e. The summed E-state index contributed by atoms with van der Waals surface area (Å²) in [5.74, 6) is 0.126. The number of rotatable bonds is 5. The van der Waals surface area contributed by atoms with Crippen molar-refractivity contribution in [3.05, 3.63) is 29.8 Å². The molecule has 0 bridgehead atoms. The fourth-order valence-corrected chi connectivity index (χ4v) is 3.69. The molecule has 128 valence electrons. The maximum atomic E-state index is 12.2. The molecule has 0 atom stereocenters. The summed E-state index contributed by atoms with van der Waals surface area (Å²) in [6.07, 6.45) is 3.44. The van der Waals surface area contributed by atoms with Gasteiger partial charge in [0.1, 0.15) is 5.60 Å². The van der Waals surface area contributed by atoms with E-state index in [0.717, 1.165) is 31.5 Å². The van der Waals surface area contributed by atoms with Crippen LogP contribution in [0.15, 0.2) is 29.2 Å². The van der Waals surface area contributed by atoms with Gasteiger partial charge in [0, 0.05) is 25.0 Å². The van der Waals surface area contributed by atoms with E-state index in [2.05, 4.69) is 5.32 Å². The third-order valence-corrected chi connectivity index (χ3v) is 5.63. The van der Waals surface area contributed by atoms with Crippen LogP contribution in [-0.4, -0.2) is 39.3 Å². The third-order valence-electron chi connectivity index (χ3n) is 4.50. The summed E-state index contributed by atoms with van der Waals surface area (Å²) in [6.45, 7) is 6.12. The van der Waals surface area contributed by atoms with Crippen LogP contribution >= 0.6 is 0 Å². The van der Waals surface area contributed by atoms with Crippen LogP contribution in [0, 0.1) is 5.92 Å². The van der Waals surface area contributed by atoms with E-state index in [1.165, 1.54) is 18.4 Å². The zero-order chi connectivity index (χ0) is 17.1. The summed E-state index contributed by atoms with van der Waals surface area (Å²) in [6, 6.07) is 6.39. The number of sulfone groups is 1. The number of hydrogen-bond acceptors (Lipinski definition) is 4. The number of carbonyl (C=O) groups is 1. The average Bonchev–Trinajstić information content (AvgIpc) is 2.47. The maximum Gasteiger partial charge on any atom is 0.310 e. The van der Waals surface area contributed by atoms with Crippen molar-refractivity contribution in [3.63, 3.8) is 0 Å². The Kier molecular flexibility index (Phi) is 5.47. The number of carbonyl (C=O) groups excluding carboxylic acids is 1. The molecule has 0 amide bonds. The normalized spacial score (nSPS) is 17.0. The molecule has 0 aliphatic carbocycles. The monoisotopic (exact) mass is 340 g/mol. The van der Waals surface area contributed by atoms with Crippen molar-refractivity contribution in [1.29, 1.82) is 0 Å². The van der Waals surface area contributed by atoms with Crippen molar-refractivity contribution in [1.82, 2.24) is 0 Å². The van der Waals surface area contributed by atoms with Gasteiger partial charge in [0.15, 0.2) is 9.84 Å². The molecule has 1 aliphatic rings. The Bertz CT molecular complexity index is 644. The Morgan fingerprint density at radius 3 is 2.30 bits per heavy atom. The fraction of sp³-hybridized carbons (Fsp3) is 0.588. The van der Waals surface area contributed by atoms with E-state index in [4.69, 9.17) is 4.74 Å². The van der Waals surface area contributed by atoms with Gasteiger partial charge in [0.05, 0.1) is 24.4 Å². The summed E-state index contributed by atoms with van der Waals surface area (Å²) in [4.78, 5) is 12.5. The van der Waals surface area contributed by atoms with E-state index in [-0.39, 0.29) is 17.3 Å². The molecule has 2 N–H and O–H groups in total. The number of hydrogen-bond donors (Lipinski definition) is 1. The van der Waals surface area contributed by atoms with Crippen LogP contribution in [0.25, 0.3) is 0 Å². The van der Waals surface area contributed by atoms with E-state index in [9.17, 15) is 13.2 Å². The van der Waals surface area contributed by atoms with Crippen LogP contribution in [0.1, 0.15) is 32.3 Å². The van der Waals surface area contributed by atoms with Crippen molar-refractivity contribution >= 4 is 15.8 Å². The highest BCUT2D eigenvalue weighted by Crippen LogP contribution is 2.28. The molecule has 0 spiro atoms. The van der Waals surface area contributed by atoms with Gasteiger partial charge in [-0.1, -0.05) is 12.1 Å². The minimum absolute atomic E-state index is 0.159. The first kappa shape index (κ1) is 17.9. The van der Waals surface area contributed by atoms with Gasteiger partial charge in [-0.25, -0.2) is 8.42 Å². The summed E-state index contributed by atoms with van der Waals surface area (Å²) in [7, 11) is -3.21. The largest absolute Gasteiger partial charge is 0.459 e. The molecule has 1 heterocycles. The molecule has 23 heavy (non-hydrogen) atoms. The molecule has 0 radical (unpaired) electrons. The number of nitrogens with two attached hydrogens (primary N) is 1. The second-order valence-electron chi connectivity index (χ2n) is 6.81. The summed E-state index contributed by atoms with van der Waals surface area (Å²) < 4.78 is 28.6. The van der Waals surface area contributed by atoms with Crippen LogP contribution < -0.4 is 5.32 Å². The second-order valence-corrected chi connectivity index (χ2v) is 8.83. The highest BCUT2D eigenvalue weighted by Gasteiger charge is 2.35. The van der Waals surface area contributed by atoms with Crippen molar-refractivity contribution in [2.45, 2.75) is 43.6 Å². The van der Waals surface area contributed by atoms with Gasteiger partial charge >= 0.3 is 5.97 Å². The van der Waals surface area contributed by atoms with Crippen molar-refractivity contribution in [2.24, 2.45) is 5.92 Å². The Hall–Kier alpha value is -1.40. The summed E-state index contributed by atoms with van der Waals surface area (Å²) in [5.41, 5.74) is 0.299. The van der Waals surface area contributed by atoms with Crippen LogP contribution in [0.3, 0.4) is 0 Å². The van der Waals surface area contributed by atoms with E-state index < -0.39 is 15.4 Å². The molecule has 1 fully saturated rings. The maximum absolute atomic E-state index is 12.2. The standard InChI is InChI=1S/C17H25NO4S/c1-17(2,14-8-10-18-11-9-14)22-16(19)12-13-4-6-15(7-5-13)23(3,20)21/h4-7,14,18H,8-12H2,1-3H3/p+1. The molecule has 0 unspecified atom stereocenters. The predicted octanol–water partition coefficient (Wildman–Crippen LogP) is 0.928. The Morgan fingerprint density at radius 1 is 1.22 bits per heavy atom. The van der Waals surface area contributed by atoms with E-state index in [1.807, 2.05) is 13.8 Å². The molecular weight excluding hydrogens is 314 g/mol. The fourth-order valence-electron chi connectivity index (χ4n) is 3.06. The topological polar surface area (TPSA) is 77.1 Å². The van der Waals surface area contributed by atoms with Crippen LogP contribution in [0.5, 0.6) is 0 Å². The first-order chi connectivity index (χ1) is 10.7. The minimum atomic E-state index is -3.21. The number of quaternary nitrogens is 1.